The summed E-state index contributed by atoms with van der Waals surface area (Å²) in [4.78, 5) is 11.4. The smallest absolute Gasteiger partial charge is 0.342 e. The van der Waals surface area contributed by atoms with Gasteiger partial charge < -0.3 is 19.7 Å². The van der Waals surface area contributed by atoms with Crippen LogP contribution in [-0.2, 0) is 6.42 Å². The highest BCUT2D eigenvalue weighted by Gasteiger charge is 2.15. The Hall–Kier alpha value is -1.33. The van der Waals surface area contributed by atoms with Gasteiger partial charge in [0, 0.05) is 12.5 Å². The molecule has 1 aromatic heterocycles. The number of aromatic hydroxyl groups is 1. The number of hydrogen-bond donors (Lipinski definition) is 3. The third kappa shape index (κ3) is 6.62. The largest absolute Gasteiger partial charge is 0.507 e. The number of hydrogen-bond acceptors (Lipinski definition) is 5. The van der Waals surface area contributed by atoms with Gasteiger partial charge in [-0.15, -0.1) is 0 Å². The molecule has 1 rings (SSSR count). The van der Waals surface area contributed by atoms with E-state index in [1.807, 2.05) is 0 Å². The summed E-state index contributed by atoms with van der Waals surface area (Å²) in [7, 11) is 0. The fraction of sp³-hybridized carbons (Fsp3) is 0.706. The van der Waals surface area contributed by atoms with Crippen molar-refractivity contribution in [3.63, 3.8) is 0 Å². The van der Waals surface area contributed by atoms with E-state index < -0.39 is 17.8 Å². The van der Waals surface area contributed by atoms with Crippen molar-refractivity contribution in [3.05, 3.63) is 27.8 Å². The molecule has 22 heavy (non-hydrogen) atoms. The van der Waals surface area contributed by atoms with E-state index in [0.29, 0.717) is 6.42 Å². The van der Waals surface area contributed by atoms with Gasteiger partial charge in [0.05, 0.1) is 17.8 Å². The van der Waals surface area contributed by atoms with Crippen molar-refractivity contribution < 1.29 is 19.7 Å². The van der Waals surface area contributed by atoms with Crippen LogP contribution in [-0.4, -0.2) is 27.5 Å². The lowest BCUT2D eigenvalue weighted by Crippen LogP contribution is -2.20. The lowest BCUT2D eigenvalue weighted by molar-refractivity contribution is 0.0711. The molecule has 0 aliphatic carbocycles. The molecule has 0 amide bonds. The Labute approximate surface area is 131 Å². The summed E-state index contributed by atoms with van der Waals surface area (Å²) in [6.45, 7) is 3.64. The number of aliphatic hydroxyl groups is 2. The maximum absolute atomic E-state index is 11.4. The Morgan fingerprint density at radius 2 is 1.82 bits per heavy atom. The molecular weight excluding hydrogens is 284 g/mol. The quantitative estimate of drug-likeness (QED) is 0.578. The fourth-order valence-corrected chi connectivity index (χ4v) is 2.42. The summed E-state index contributed by atoms with van der Waals surface area (Å²) in [6.07, 6.45) is 5.31. The molecular formula is C17H28O5. The second-order valence-corrected chi connectivity index (χ2v) is 5.96. The predicted molar refractivity (Wildman–Crippen MR) is 85.1 cm³/mol. The summed E-state index contributed by atoms with van der Waals surface area (Å²) in [6, 6.07) is 1.34. The topological polar surface area (TPSA) is 90.9 Å². The van der Waals surface area contributed by atoms with E-state index in [0.717, 1.165) is 12.8 Å². The Morgan fingerprint density at radius 3 is 2.45 bits per heavy atom. The highest BCUT2D eigenvalue weighted by molar-refractivity contribution is 5.28. The van der Waals surface area contributed by atoms with E-state index in [9.17, 15) is 20.1 Å². The molecule has 0 saturated carbocycles. The van der Waals surface area contributed by atoms with Crippen LogP contribution < -0.4 is 5.63 Å². The maximum atomic E-state index is 11.4. The average Bonchev–Trinajstić information content (AvgIpc) is 2.44. The minimum absolute atomic E-state index is 0.107. The van der Waals surface area contributed by atoms with Crippen molar-refractivity contribution in [2.75, 3.05) is 0 Å². The first-order valence-electron chi connectivity index (χ1n) is 8.12. The van der Waals surface area contributed by atoms with Crippen LogP contribution in [0, 0.1) is 6.92 Å². The molecule has 0 saturated heterocycles. The van der Waals surface area contributed by atoms with Gasteiger partial charge in [-0.3, -0.25) is 0 Å². The second-order valence-electron chi connectivity index (χ2n) is 5.96. The zero-order chi connectivity index (χ0) is 16.5. The number of rotatable bonds is 10. The Bertz CT molecular complexity index is 494. The van der Waals surface area contributed by atoms with Gasteiger partial charge in [-0.1, -0.05) is 39.0 Å². The van der Waals surface area contributed by atoms with Crippen molar-refractivity contribution in [3.8, 4) is 5.75 Å². The third-order valence-corrected chi connectivity index (χ3v) is 3.83. The zero-order valence-electron chi connectivity index (χ0n) is 13.5. The van der Waals surface area contributed by atoms with Crippen LogP contribution in [0.4, 0.5) is 0 Å². The van der Waals surface area contributed by atoms with Gasteiger partial charge in [0.15, 0.2) is 0 Å². The molecule has 1 aromatic rings. The molecule has 0 bridgehead atoms. The van der Waals surface area contributed by atoms with Crippen LogP contribution in [0.2, 0.25) is 0 Å². The zero-order valence-corrected chi connectivity index (χ0v) is 13.5. The van der Waals surface area contributed by atoms with E-state index in [2.05, 4.69) is 6.92 Å². The van der Waals surface area contributed by atoms with Crippen LogP contribution in [0.1, 0.15) is 63.2 Å². The first kappa shape index (κ1) is 18.7. The molecule has 1 heterocycles. The monoisotopic (exact) mass is 312 g/mol. The molecule has 0 unspecified atom stereocenters. The minimum Gasteiger partial charge on any atom is -0.507 e. The van der Waals surface area contributed by atoms with Crippen molar-refractivity contribution in [2.24, 2.45) is 0 Å². The van der Waals surface area contributed by atoms with Gasteiger partial charge in [0.25, 0.3) is 0 Å². The summed E-state index contributed by atoms with van der Waals surface area (Å²) < 4.78 is 5.01. The van der Waals surface area contributed by atoms with Crippen molar-refractivity contribution in [1.82, 2.24) is 0 Å². The third-order valence-electron chi connectivity index (χ3n) is 3.83. The molecule has 5 heteroatoms. The normalized spacial score (nSPS) is 14.0. The minimum atomic E-state index is -0.795. The van der Waals surface area contributed by atoms with E-state index in [1.165, 1.54) is 32.3 Å². The van der Waals surface area contributed by atoms with Crippen molar-refractivity contribution >= 4 is 0 Å². The lowest BCUT2D eigenvalue weighted by Gasteiger charge is -2.15. The van der Waals surface area contributed by atoms with E-state index in [1.54, 1.807) is 0 Å². The van der Waals surface area contributed by atoms with Crippen LogP contribution in [0.15, 0.2) is 15.3 Å². The lowest BCUT2D eigenvalue weighted by atomic mass is 10.0. The van der Waals surface area contributed by atoms with Crippen LogP contribution >= 0.6 is 0 Å². The van der Waals surface area contributed by atoms with Gasteiger partial charge in [-0.25, -0.2) is 4.79 Å². The van der Waals surface area contributed by atoms with E-state index >= 15 is 0 Å². The van der Waals surface area contributed by atoms with Crippen LogP contribution in [0.3, 0.4) is 0 Å². The van der Waals surface area contributed by atoms with Gasteiger partial charge in [0.1, 0.15) is 11.5 Å². The second kappa shape index (κ2) is 9.64. The Kier molecular flexibility index (Phi) is 8.20. The van der Waals surface area contributed by atoms with Crippen molar-refractivity contribution in [2.45, 2.75) is 77.4 Å². The van der Waals surface area contributed by atoms with Gasteiger partial charge in [0.2, 0.25) is 0 Å². The molecule has 0 aliphatic heterocycles. The highest BCUT2D eigenvalue weighted by Crippen LogP contribution is 2.17. The SMILES string of the molecule is CCCCCCC[C@@H](O)C[C@H](O)Cc1cc(O)c(C)c(=O)o1. The van der Waals surface area contributed by atoms with Crippen LogP contribution in [0.25, 0.3) is 0 Å². The first-order valence-corrected chi connectivity index (χ1v) is 8.12. The summed E-state index contributed by atoms with van der Waals surface area (Å²) >= 11 is 0. The summed E-state index contributed by atoms with van der Waals surface area (Å²) in [5, 5.41) is 29.4. The molecule has 0 aliphatic rings. The standard InChI is InChI=1S/C17H28O5/c1-3-4-5-6-7-8-13(18)9-14(19)10-15-11-16(20)12(2)17(21)22-15/h11,13-14,18-20H,3-10H2,1-2H3/t13-,14+/m1/s1. The number of unbranched alkanes of at least 4 members (excludes halogenated alkanes) is 4. The van der Waals surface area contributed by atoms with Gasteiger partial charge >= 0.3 is 5.63 Å². The first-order chi connectivity index (χ1) is 10.4. The molecule has 3 N–H and O–H groups in total. The van der Waals surface area contributed by atoms with Gasteiger partial charge in [-0.2, -0.15) is 0 Å². The predicted octanol–water partition coefficient (Wildman–Crippen LogP) is 2.67. The molecule has 2 atom stereocenters. The van der Waals surface area contributed by atoms with E-state index in [-0.39, 0.29) is 29.9 Å². The average molecular weight is 312 g/mol. The summed E-state index contributed by atoms with van der Waals surface area (Å²) in [5.41, 5.74) is -0.441. The summed E-state index contributed by atoms with van der Waals surface area (Å²) in [5.74, 6) is 0.102. The Morgan fingerprint density at radius 1 is 1.14 bits per heavy atom. The van der Waals surface area contributed by atoms with Crippen molar-refractivity contribution in [1.29, 1.82) is 0 Å². The fourth-order valence-electron chi connectivity index (χ4n) is 2.42. The van der Waals surface area contributed by atoms with Gasteiger partial charge in [-0.05, 0) is 19.8 Å². The van der Waals surface area contributed by atoms with Crippen LogP contribution in [0.5, 0.6) is 5.75 Å². The highest BCUT2D eigenvalue weighted by atomic mass is 16.4. The molecule has 0 spiro atoms. The molecule has 126 valence electrons. The number of aliphatic hydroxyl groups excluding tert-OH is 2. The maximum Gasteiger partial charge on any atom is 0.342 e. The molecule has 0 aromatic carbocycles. The van der Waals surface area contributed by atoms with E-state index in [4.69, 9.17) is 4.42 Å². The Balaban J connectivity index is 2.36. The molecule has 0 fully saturated rings. The molecule has 0 radical (unpaired) electrons. The molecule has 5 nitrogen and oxygen atoms in total.